The zero-order chi connectivity index (χ0) is 22.8. The number of benzene rings is 2. The first-order valence-electron chi connectivity index (χ1n) is 10.6. The van der Waals surface area contributed by atoms with E-state index in [2.05, 4.69) is 20.6 Å². The van der Waals surface area contributed by atoms with Crippen LogP contribution in [0.3, 0.4) is 0 Å². The minimum Gasteiger partial charge on any atom is -0.306 e. The second-order valence-corrected chi connectivity index (χ2v) is 7.68. The van der Waals surface area contributed by atoms with Crippen molar-refractivity contribution in [2.24, 2.45) is 0 Å². The summed E-state index contributed by atoms with van der Waals surface area (Å²) in [6, 6.07) is 22.9. The fourth-order valence-electron chi connectivity index (χ4n) is 3.75. The highest BCUT2D eigenvalue weighted by molar-refractivity contribution is 6.03. The van der Waals surface area contributed by atoms with Crippen LogP contribution in [-0.4, -0.2) is 25.4 Å². The van der Waals surface area contributed by atoms with Crippen LogP contribution >= 0.6 is 0 Å². The summed E-state index contributed by atoms with van der Waals surface area (Å²) < 4.78 is 1.84. The molecule has 3 aromatic heterocycles. The van der Waals surface area contributed by atoms with Gasteiger partial charge in [0, 0.05) is 29.2 Å². The first kappa shape index (κ1) is 20.4. The summed E-state index contributed by atoms with van der Waals surface area (Å²) in [6.45, 7) is 3.82. The number of nitrogens with zero attached hydrogens (tertiary/aromatic N) is 4. The van der Waals surface area contributed by atoms with Crippen molar-refractivity contribution in [1.82, 2.24) is 19.4 Å². The largest absolute Gasteiger partial charge is 0.324 e. The number of anilines is 2. The molecule has 7 heteroatoms. The van der Waals surface area contributed by atoms with E-state index in [4.69, 9.17) is 4.98 Å². The van der Waals surface area contributed by atoms with E-state index in [9.17, 15) is 4.79 Å². The van der Waals surface area contributed by atoms with Gasteiger partial charge in [-0.3, -0.25) is 19.7 Å². The molecule has 0 bridgehead atoms. The molecule has 0 aliphatic heterocycles. The highest BCUT2D eigenvalue weighted by atomic mass is 16.2. The van der Waals surface area contributed by atoms with Crippen LogP contribution < -0.4 is 10.6 Å². The van der Waals surface area contributed by atoms with Crippen molar-refractivity contribution < 1.29 is 4.79 Å². The SMILES string of the molecule is Cc1ccc(NC(=O)Nc2c(-c3ccccc3)nc3c(C)nccn23)c(-c2ccccc2)n1. The van der Waals surface area contributed by atoms with Crippen molar-refractivity contribution in [2.75, 3.05) is 10.6 Å². The average Bonchev–Trinajstić information content (AvgIpc) is 3.21. The molecular weight excluding hydrogens is 412 g/mol. The standard InChI is InChI=1S/C26H22N6O/c1-17-13-14-21(22(28-17)19-9-5-3-6-10-19)29-26(33)31-25-23(20-11-7-4-8-12-20)30-24-18(2)27-15-16-32(24)25/h3-16H,1-2H3,(H2,29,31,33). The van der Waals surface area contributed by atoms with Gasteiger partial charge in [0.05, 0.1) is 17.1 Å². The number of hydrogen-bond donors (Lipinski definition) is 2. The zero-order valence-electron chi connectivity index (χ0n) is 18.3. The molecule has 2 aromatic carbocycles. The number of aromatic nitrogens is 4. The Morgan fingerprint density at radius 2 is 1.45 bits per heavy atom. The third-order valence-corrected chi connectivity index (χ3v) is 5.33. The second-order valence-electron chi connectivity index (χ2n) is 7.68. The van der Waals surface area contributed by atoms with Gasteiger partial charge in [-0.1, -0.05) is 60.7 Å². The Kier molecular flexibility index (Phi) is 5.28. The van der Waals surface area contributed by atoms with Gasteiger partial charge in [0.1, 0.15) is 11.5 Å². The molecule has 0 aliphatic carbocycles. The van der Waals surface area contributed by atoms with Gasteiger partial charge in [-0.2, -0.15) is 0 Å². The molecule has 3 heterocycles. The Bertz CT molecular complexity index is 1440. The van der Waals surface area contributed by atoms with Crippen LogP contribution in [-0.2, 0) is 0 Å². The number of pyridine rings is 1. The van der Waals surface area contributed by atoms with Gasteiger partial charge in [0.15, 0.2) is 5.65 Å². The van der Waals surface area contributed by atoms with Gasteiger partial charge in [-0.05, 0) is 26.0 Å². The summed E-state index contributed by atoms with van der Waals surface area (Å²) in [7, 11) is 0. The van der Waals surface area contributed by atoms with Crippen LogP contribution in [0.25, 0.3) is 28.2 Å². The summed E-state index contributed by atoms with van der Waals surface area (Å²) >= 11 is 0. The minimum absolute atomic E-state index is 0.383. The monoisotopic (exact) mass is 434 g/mol. The first-order valence-corrected chi connectivity index (χ1v) is 10.6. The lowest BCUT2D eigenvalue weighted by atomic mass is 10.1. The molecule has 5 rings (SSSR count). The van der Waals surface area contributed by atoms with Gasteiger partial charge < -0.3 is 5.32 Å². The summed E-state index contributed by atoms with van der Waals surface area (Å²) in [5.74, 6) is 0.570. The normalized spacial score (nSPS) is 10.8. The van der Waals surface area contributed by atoms with E-state index in [-0.39, 0.29) is 6.03 Å². The van der Waals surface area contributed by atoms with Crippen molar-refractivity contribution in [3.8, 4) is 22.5 Å². The van der Waals surface area contributed by atoms with E-state index in [1.165, 1.54) is 0 Å². The number of rotatable bonds is 4. The topological polar surface area (TPSA) is 84.2 Å². The second kappa shape index (κ2) is 8.55. The van der Waals surface area contributed by atoms with Crippen LogP contribution in [0.2, 0.25) is 0 Å². The fraction of sp³-hybridized carbons (Fsp3) is 0.0769. The van der Waals surface area contributed by atoms with Crippen LogP contribution in [0.4, 0.5) is 16.3 Å². The van der Waals surface area contributed by atoms with Crippen LogP contribution in [0.15, 0.2) is 85.2 Å². The number of carbonyl (C=O) groups excluding carboxylic acids is 1. The van der Waals surface area contributed by atoms with Crippen molar-refractivity contribution in [3.63, 3.8) is 0 Å². The molecule has 162 valence electrons. The van der Waals surface area contributed by atoms with Crippen molar-refractivity contribution in [2.45, 2.75) is 13.8 Å². The van der Waals surface area contributed by atoms with E-state index in [0.717, 1.165) is 22.5 Å². The van der Waals surface area contributed by atoms with Crippen molar-refractivity contribution in [1.29, 1.82) is 0 Å². The number of imidazole rings is 1. The quantitative estimate of drug-likeness (QED) is 0.379. The number of amides is 2. The molecule has 7 nitrogen and oxygen atoms in total. The average molecular weight is 435 g/mol. The molecule has 0 aliphatic rings. The predicted octanol–water partition coefficient (Wildman–Crippen LogP) is 5.72. The van der Waals surface area contributed by atoms with Gasteiger partial charge in [0.2, 0.25) is 0 Å². The molecule has 0 unspecified atom stereocenters. The lowest BCUT2D eigenvalue weighted by molar-refractivity contribution is 0.262. The van der Waals surface area contributed by atoms with Gasteiger partial charge in [0.25, 0.3) is 0 Å². The van der Waals surface area contributed by atoms with Crippen LogP contribution in [0.5, 0.6) is 0 Å². The van der Waals surface area contributed by atoms with Crippen molar-refractivity contribution in [3.05, 3.63) is 96.6 Å². The Labute approximate surface area is 191 Å². The summed E-state index contributed by atoms with van der Waals surface area (Å²) in [6.07, 6.45) is 3.49. The van der Waals surface area contributed by atoms with E-state index < -0.39 is 0 Å². The molecule has 0 radical (unpaired) electrons. The Balaban J connectivity index is 1.52. The molecule has 2 amide bonds. The summed E-state index contributed by atoms with van der Waals surface area (Å²) in [5.41, 5.74) is 6.18. The number of urea groups is 1. The van der Waals surface area contributed by atoms with E-state index >= 15 is 0 Å². The number of hydrogen-bond acceptors (Lipinski definition) is 4. The van der Waals surface area contributed by atoms with Gasteiger partial charge in [-0.15, -0.1) is 0 Å². The summed E-state index contributed by atoms with van der Waals surface area (Å²) in [5, 5.41) is 5.96. The fourth-order valence-corrected chi connectivity index (χ4v) is 3.75. The lowest BCUT2D eigenvalue weighted by Gasteiger charge is -2.13. The maximum absolute atomic E-state index is 13.2. The van der Waals surface area contributed by atoms with E-state index in [1.54, 1.807) is 12.4 Å². The third-order valence-electron chi connectivity index (χ3n) is 5.33. The maximum atomic E-state index is 13.2. The van der Waals surface area contributed by atoms with Gasteiger partial charge in [-0.25, -0.2) is 9.78 Å². The molecule has 0 saturated heterocycles. The van der Waals surface area contributed by atoms with Crippen LogP contribution in [0.1, 0.15) is 11.4 Å². The zero-order valence-corrected chi connectivity index (χ0v) is 18.3. The van der Waals surface area contributed by atoms with E-state index in [0.29, 0.717) is 28.5 Å². The van der Waals surface area contributed by atoms with E-state index in [1.807, 2.05) is 91.0 Å². The Morgan fingerprint density at radius 3 is 2.15 bits per heavy atom. The van der Waals surface area contributed by atoms with Crippen molar-refractivity contribution >= 4 is 23.2 Å². The third kappa shape index (κ3) is 4.04. The molecule has 0 saturated carbocycles. The predicted molar refractivity (Wildman–Crippen MR) is 130 cm³/mol. The molecule has 0 fully saturated rings. The number of fused-ring (bicyclic) bond motifs is 1. The highest BCUT2D eigenvalue weighted by Gasteiger charge is 2.19. The number of aryl methyl sites for hydroxylation is 2. The number of nitrogens with one attached hydrogen (secondary N) is 2. The maximum Gasteiger partial charge on any atom is 0.324 e. The number of carbonyl (C=O) groups is 1. The van der Waals surface area contributed by atoms with Gasteiger partial charge >= 0.3 is 6.03 Å². The minimum atomic E-state index is -0.383. The molecule has 0 spiro atoms. The van der Waals surface area contributed by atoms with Crippen LogP contribution in [0, 0.1) is 13.8 Å². The molecule has 0 atom stereocenters. The summed E-state index contributed by atoms with van der Waals surface area (Å²) in [4.78, 5) is 26.9. The first-order chi connectivity index (χ1) is 16.1. The molecule has 5 aromatic rings. The Morgan fingerprint density at radius 1 is 0.788 bits per heavy atom. The smallest absolute Gasteiger partial charge is 0.306 e. The molecule has 2 N–H and O–H groups in total. The molecular formula is C26H22N6O. The molecule has 33 heavy (non-hydrogen) atoms. The Hall–Kier alpha value is -4.52. The highest BCUT2D eigenvalue weighted by Crippen LogP contribution is 2.30. The lowest BCUT2D eigenvalue weighted by Crippen LogP contribution is -2.21.